The normalized spacial score (nSPS) is 19.5. The first-order chi connectivity index (χ1) is 13.8. The first kappa shape index (κ1) is 18.2. The summed E-state index contributed by atoms with van der Waals surface area (Å²) in [6.07, 6.45) is 1.73. The van der Waals surface area contributed by atoms with Crippen LogP contribution in [0.3, 0.4) is 0 Å². The Morgan fingerprint density at radius 3 is 2.69 bits per heavy atom. The second-order valence-corrected chi connectivity index (χ2v) is 8.30. The third kappa shape index (κ3) is 3.08. The van der Waals surface area contributed by atoms with Crippen molar-refractivity contribution in [2.24, 2.45) is 5.92 Å². The zero-order valence-corrected chi connectivity index (χ0v) is 16.3. The molecule has 1 N–H and O–H groups in total. The van der Waals surface area contributed by atoms with Gasteiger partial charge in [-0.1, -0.05) is 0 Å². The maximum atomic E-state index is 12.8. The van der Waals surface area contributed by atoms with Gasteiger partial charge in [-0.3, -0.25) is 4.79 Å². The fraction of sp³-hybridized carbons (Fsp3) is 0.500. The second-order valence-electron chi connectivity index (χ2n) is 8.30. The third-order valence-electron chi connectivity index (χ3n) is 6.02. The zero-order valence-electron chi connectivity index (χ0n) is 16.3. The predicted molar refractivity (Wildman–Crippen MR) is 105 cm³/mol. The topological polar surface area (TPSA) is 74.2 Å². The smallest absolute Gasteiger partial charge is 0.244 e. The van der Waals surface area contributed by atoms with Crippen LogP contribution in [0, 0.1) is 12.8 Å². The number of aryl methyl sites for hydroxylation is 1. The van der Waals surface area contributed by atoms with Gasteiger partial charge in [-0.05, 0) is 19.8 Å². The number of carbonyl (C=O) groups is 1. The Hall–Kier alpha value is -2.84. The summed E-state index contributed by atoms with van der Waals surface area (Å²) < 4.78 is 25.7. The molecule has 2 aromatic rings. The molecule has 2 fully saturated rings. The van der Waals surface area contributed by atoms with Gasteiger partial charge in [0, 0.05) is 61.6 Å². The molecule has 3 aliphatic rings. The molecule has 0 unspecified atom stereocenters. The van der Waals surface area contributed by atoms with Crippen LogP contribution in [0.15, 0.2) is 18.3 Å². The monoisotopic (exact) mass is 400 g/mol. The van der Waals surface area contributed by atoms with Crippen molar-refractivity contribution in [3.05, 3.63) is 29.6 Å². The summed E-state index contributed by atoms with van der Waals surface area (Å²) >= 11 is 0. The van der Waals surface area contributed by atoms with Gasteiger partial charge in [-0.15, -0.1) is 0 Å². The molecule has 7 nitrogen and oxygen atoms in total. The van der Waals surface area contributed by atoms with Gasteiger partial charge in [-0.25, -0.2) is 18.7 Å². The van der Waals surface area contributed by atoms with Gasteiger partial charge in [0.1, 0.15) is 11.6 Å². The van der Waals surface area contributed by atoms with E-state index in [-0.39, 0.29) is 24.4 Å². The number of rotatable bonds is 4. The first-order valence-corrected chi connectivity index (χ1v) is 9.79. The maximum Gasteiger partial charge on any atom is 0.244 e. The number of hydrogen-bond donors (Lipinski definition) is 1. The summed E-state index contributed by atoms with van der Waals surface area (Å²) in [5.41, 5.74) is 3.04. The van der Waals surface area contributed by atoms with Gasteiger partial charge in [0.15, 0.2) is 0 Å². The van der Waals surface area contributed by atoms with E-state index in [0.29, 0.717) is 11.8 Å². The summed E-state index contributed by atoms with van der Waals surface area (Å²) in [7, 11) is 0. The lowest BCUT2D eigenvalue weighted by atomic mass is 10.0. The van der Waals surface area contributed by atoms with E-state index in [2.05, 4.69) is 20.2 Å². The molecule has 1 aliphatic carbocycles. The highest BCUT2D eigenvalue weighted by Gasteiger charge is 2.52. The molecule has 2 aromatic heterocycles. The number of alkyl halides is 2. The fourth-order valence-corrected chi connectivity index (χ4v) is 4.23. The van der Waals surface area contributed by atoms with Crippen molar-refractivity contribution in [3.8, 4) is 0 Å². The van der Waals surface area contributed by atoms with Gasteiger partial charge in [-0.2, -0.15) is 4.98 Å². The molecule has 9 heteroatoms. The van der Waals surface area contributed by atoms with Crippen LogP contribution in [0.2, 0.25) is 0 Å². The third-order valence-corrected chi connectivity index (χ3v) is 6.02. The second kappa shape index (κ2) is 6.33. The number of amides is 1. The van der Waals surface area contributed by atoms with E-state index in [1.165, 1.54) is 12.5 Å². The number of carbonyl (C=O) groups excluding carboxylic acids is 1. The van der Waals surface area contributed by atoms with Crippen LogP contribution in [0.4, 0.5) is 32.1 Å². The Morgan fingerprint density at radius 2 is 2.03 bits per heavy atom. The number of aromatic nitrogens is 3. The van der Waals surface area contributed by atoms with Crippen molar-refractivity contribution in [2.45, 2.75) is 38.5 Å². The highest BCUT2D eigenvalue weighted by Crippen LogP contribution is 2.58. The molecule has 4 heterocycles. The number of hydrogen-bond acceptors (Lipinski definition) is 6. The van der Waals surface area contributed by atoms with E-state index in [9.17, 15) is 13.6 Å². The van der Waals surface area contributed by atoms with Crippen molar-refractivity contribution in [1.29, 1.82) is 0 Å². The lowest BCUT2D eigenvalue weighted by Crippen LogP contribution is -2.50. The largest absolute Gasteiger partial charge is 0.340 e. The van der Waals surface area contributed by atoms with Gasteiger partial charge < -0.3 is 15.1 Å². The number of anilines is 4. The minimum Gasteiger partial charge on any atom is -0.340 e. The molecule has 0 radical (unpaired) electrons. The average Bonchev–Trinajstić information content (AvgIpc) is 3.30. The molecule has 29 heavy (non-hydrogen) atoms. The van der Waals surface area contributed by atoms with Crippen molar-refractivity contribution in [2.75, 3.05) is 34.8 Å². The molecular formula is C20H22F2N6O. The molecule has 152 valence electrons. The van der Waals surface area contributed by atoms with Gasteiger partial charge in [0.05, 0.1) is 11.6 Å². The van der Waals surface area contributed by atoms with Crippen LogP contribution in [0.5, 0.6) is 0 Å². The van der Waals surface area contributed by atoms with Crippen LogP contribution in [-0.2, 0) is 10.2 Å². The van der Waals surface area contributed by atoms with Crippen LogP contribution in [0.25, 0.3) is 0 Å². The van der Waals surface area contributed by atoms with Crippen molar-refractivity contribution in [3.63, 3.8) is 0 Å². The molecule has 5 rings (SSSR count). The predicted octanol–water partition coefficient (Wildman–Crippen LogP) is 3.02. The fourth-order valence-electron chi connectivity index (χ4n) is 4.23. The highest BCUT2D eigenvalue weighted by atomic mass is 19.3. The Kier molecular flexibility index (Phi) is 3.97. The standard InChI is InChI=1S/C20H22F2N6O/c1-11-5-17(26-19(24-11)27-8-13(9-27)18(21)22)28-10-20(3-4-20)14-7-23-16(6-15(14)28)25-12(2)29/h5-7,13,18H,3-4,8-10H2,1-2H3,(H,23,25,29). The van der Waals surface area contributed by atoms with E-state index < -0.39 is 12.3 Å². The highest BCUT2D eigenvalue weighted by molar-refractivity contribution is 5.89. The number of fused-ring (bicyclic) bond motifs is 2. The Labute approximate surface area is 167 Å². The molecule has 1 amide bonds. The van der Waals surface area contributed by atoms with Crippen LogP contribution >= 0.6 is 0 Å². The maximum absolute atomic E-state index is 12.8. The van der Waals surface area contributed by atoms with E-state index in [1.807, 2.05) is 25.3 Å². The van der Waals surface area contributed by atoms with Gasteiger partial charge >= 0.3 is 0 Å². The Bertz CT molecular complexity index is 987. The molecule has 1 saturated carbocycles. The summed E-state index contributed by atoms with van der Waals surface area (Å²) in [4.78, 5) is 28.9. The van der Waals surface area contributed by atoms with Crippen molar-refractivity contribution in [1.82, 2.24) is 15.0 Å². The number of pyridine rings is 1. The number of nitrogens with zero attached hydrogens (tertiary/aromatic N) is 5. The summed E-state index contributed by atoms with van der Waals surface area (Å²) in [6.45, 7) is 4.69. The van der Waals surface area contributed by atoms with Crippen LogP contribution in [0.1, 0.15) is 31.0 Å². The molecule has 1 saturated heterocycles. The number of nitrogens with one attached hydrogen (secondary N) is 1. The molecule has 2 aliphatic heterocycles. The van der Waals surface area contributed by atoms with Gasteiger partial charge in [0.2, 0.25) is 18.3 Å². The molecule has 1 spiro atoms. The lowest BCUT2D eigenvalue weighted by molar-refractivity contribution is -0.114. The minimum absolute atomic E-state index is 0.0909. The average molecular weight is 400 g/mol. The summed E-state index contributed by atoms with van der Waals surface area (Å²) in [5.74, 6) is 0.961. The van der Waals surface area contributed by atoms with E-state index >= 15 is 0 Å². The van der Waals surface area contributed by atoms with Crippen molar-refractivity contribution >= 4 is 29.2 Å². The van der Waals surface area contributed by atoms with Crippen LogP contribution in [-0.4, -0.2) is 46.9 Å². The molecule has 0 atom stereocenters. The van der Waals surface area contributed by atoms with Gasteiger partial charge in [0.25, 0.3) is 0 Å². The zero-order chi connectivity index (χ0) is 20.3. The number of halogens is 2. The Morgan fingerprint density at radius 1 is 1.28 bits per heavy atom. The molecule has 0 bridgehead atoms. The van der Waals surface area contributed by atoms with E-state index in [4.69, 9.17) is 4.98 Å². The lowest BCUT2D eigenvalue weighted by Gasteiger charge is -2.39. The molecule has 0 aromatic carbocycles. The first-order valence-electron chi connectivity index (χ1n) is 9.79. The van der Waals surface area contributed by atoms with Crippen molar-refractivity contribution < 1.29 is 13.6 Å². The van der Waals surface area contributed by atoms with E-state index in [1.54, 1.807) is 4.90 Å². The SMILES string of the molecule is CC(=O)Nc1cc2c(cn1)C1(CC1)CN2c1cc(C)nc(N2CC(C(F)F)C2)n1. The summed E-state index contributed by atoms with van der Waals surface area (Å²) in [5, 5.41) is 2.74. The molecular weight excluding hydrogens is 378 g/mol. The van der Waals surface area contributed by atoms with E-state index in [0.717, 1.165) is 36.6 Å². The minimum atomic E-state index is -2.31. The quantitative estimate of drug-likeness (QED) is 0.851. The Balaban J connectivity index is 1.48. The summed E-state index contributed by atoms with van der Waals surface area (Å²) in [6, 6.07) is 3.80. The van der Waals surface area contributed by atoms with Crippen LogP contribution < -0.4 is 15.1 Å².